The number of rotatable bonds is 5. The molecule has 3 aromatic rings. The van der Waals surface area contributed by atoms with E-state index in [1.807, 2.05) is 62.4 Å². The van der Waals surface area contributed by atoms with Gasteiger partial charge in [-0.3, -0.25) is 4.79 Å². The summed E-state index contributed by atoms with van der Waals surface area (Å²) in [5.41, 5.74) is 4.85. The van der Waals surface area contributed by atoms with Crippen LogP contribution in [0.4, 0.5) is 5.69 Å². The molecule has 7 heteroatoms. The van der Waals surface area contributed by atoms with Gasteiger partial charge in [-0.25, -0.2) is 4.99 Å². The molecule has 0 saturated carbocycles. The second-order valence-electron chi connectivity index (χ2n) is 7.37. The summed E-state index contributed by atoms with van der Waals surface area (Å²) < 4.78 is 5.81. The molecule has 1 aliphatic heterocycles. The van der Waals surface area contributed by atoms with Crippen molar-refractivity contribution < 1.29 is 9.53 Å². The molecule has 0 unspecified atom stereocenters. The van der Waals surface area contributed by atoms with Crippen LogP contribution in [-0.2, 0) is 11.4 Å². The van der Waals surface area contributed by atoms with Crippen molar-refractivity contribution in [3.63, 3.8) is 0 Å². The summed E-state index contributed by atoms with van der Waals surface area (Å²) in [5, 5.41) is 4.57. The van der Waals surface area contributed by atoms with Gasteiger partial charge in [-0.1, -0.05) is 59.1 Å². The molecule has 3 aromatic carbocycles. The van der Waals surface area contributed by atoms with Crippen LogP contribution < -0.4 is 10.1 Å². The normalized spacial score (nSPS) is 15.9. The van der Waals surface area contributed by atoms with Gasteiger partial charge in [-0.2, -0.15) is 0 Å². The van der Waals surface area contributed by atoms with Crippen LogP contribution in [0.3, 0.4) is 0 Å². The number of aryl methyl sites for hydroxylation is 2. The second kappa shape index (κ2) is 9.82. The minimum Gasteiger partial charge on any atom is -0.489 e. The van der Waals surface area contributed by atoms with Crippen molar-refractivity contribution in [1.29, 1.82) is 0 Å². The van der Waals surface area contributed by atoms with E-state index in [2.05, 4.69) is 16.4 Å². The molecule has 162 valence electrons. The van der Waals surface area contributed by atoms with Crippen LogP contribution in [0.1, 0.15) is 22.3 Å². The topological polar surface area (TPSA) is 50.7 Å². The van der Waals surface area contributed by atoms with Crippen molar-refractivity contribution >= 4 is 57.8 Å². The zero-order valence-electron chi connectivity index (χ0n) is 17.5. The van der Waals surface area contributed by atoms with Crippen molar-refractivity contribution in [3.8, 4) is 5.75 Å². The van der Waals surface area contributed by atoms with Crippen LogP contribution in [0.2, 0.25) is 10.0 Å². The van der Waals surface area contributed by atoms with Gasteiger partial charge in [-0.05, 0) is 73.1 Å². The predicted octanol–water partition coefficient (Wildman–Crippen LogP) is 7.08. The molecule has 4 nitrogen and oxygen atoms in total. The number of hydrogen-bond acceptors (Lipinski definition) is 4. The van der Waals surface area contributed by atoms with Gasteiger partial charge in [0.15, 0.2) is 5.17 Å². The highest BCUT2D eigenvalue weighted by molar-refractivity contribution is 8.18. The third kappa shape index (κ3) is 5.54. The minimum absolute atomic E-state index is 0.156. The molecule has 0 aliphatic carbocycles. The van der Waals surface area contributed by atoms with Crippen molar-refractivity contribution in [1.82, 2.24) is 5.32 Å². The van der Waals surface area contributed by atoms with E-state index in [0.29, 0.717) is 32.5 Å². The van der Waals surface area contributed by atoms with E-state index >= 15 is 0 Å². The van der Waals surface area contributed by atoms with Crippen LogP contribution in [0, 0.1) is 13.8 Å². The molecule has 1 heterocycles. The highest BCUT2D eigenvalue weighted by Crippen LogP contribution is 2.30. The molecule has 1 N–H and O–H groups in total. The maximum absolute atomic E-state index is 12.4. The Labute approximate surface area is 201 Å². The van der Waals surface area contributed by atoms with Gasteiger partial charge in [0, 0.05) is 15.6 Å². The number of aliphatic imine (C=N–C) groups is 1. The largest absolute Gasteiger partial charge is 0.489 e. The number of nitrogens with zero attached hydrogens (tertiary/aromatic N) is 1. The molecule has 0 radical (unpaired) electrons. The Morgan fingerprint density at radius 1 is 1.03 bits per heavy atom. The fraction of sp³-hybridized carbons (Fsp3) is 0.120. The van der Waals surface area contributed by atoms with Gasteiger partial charge in [0.1, 0.15) is 12.4 Å². The lowest BCUT2D eigenvalue weighted by molar-refractivity contribution is -0.115. The molecular weight excluding hydrogens is 463 g/mol. The van der Waals surface area contributed by atoms with Crippen molar-refractivity contribution in [2.45, 2.75) is 20.5 Å². The van der Waals surface area contributed by atoms with Crippen molar-refractivity contribution in [3.05, 3.63) is 97.9 Å². The van der Waals surface area contributed by atoms with E-state index in [0.717, 1.165) is 22.4 Å². The molecule has 4 rings (SSSR count). The molecule has 1 saturated heterocycles. The zero-order valence-corrected chi connectivity index (χ0v) is 19.8. The predicted molar refractivity (Wildman–Crippen MR) is 134 cm³/mol. The Balaban J connectivity index is 1.42. The molecule has 0 atom stereocenters. The average molecular weight is 483 g/mol. The SMILES string of the molecule is Cc1ccc(N=C2NC(=O)/C(=C\c3ccc(OCc4ccc(Cl)cc4Cl)cc3)S2)c(C)c1. The number of nitrogens with one attached hydrogen (secondary N) is 1. The van der Waals surface area contributed by atoms with E-state index < -0.39 is 0 Å². The lowest BCUT2D eigenvalue weighted by Gasteiger charge is -2.08. The van der Waals surface area contributed by atoms with Gasteiger partial charge < -0.3 is 10.1 Å². The van der Waals surface area contributed by atoms with Gasteiger partial charge >= 0.3 is 0 Å². The molecular formula is C25H20Cl2N2O2S. The van der Waals surface area contributed by atoms with E-state index in [9.17, 15) is 4.79 Å². The first kappa shape index (κ1) is 22.5. The van der Waals surface area contributed by atoms with Crippen LogP contribution in [-0.4, -0.2) is 11.1 Å². The summed E-state index contributed by atoms with van der Waals surface area (Å²) in [4.78, 5) is 17.6. The smallest absolute Gasteiger partial charge is 0.264 e. The summed E-state index contributed by atoms with van der Waals surface area (Å²) in [7, 11) is 0. The number of thioether (sulfide) groups is 1. The van der Waals surface area contributed by atoms with Gasteiger partial charge in [-0.15, -0.1) is 0 Å². The lowest BCUT2D eigenvalue weighted by Crippen LogP contribution is -2.19. The number of amidine groups is 1. The molecule has 1 fully saturated rings. The Hall–Kier alpha value is -2.73. The van der Waals surface area contributed by atoms with E-state index in [-0.39, 0.29) is 5.91 Å². The number of hydrogen-bond donors (Lipinski definition) is 1. The molecule has 1 amide bonds. The van der Waals surface area contributed by atoms with Gasteiger partial charge in [0.05, 0.1) is 10.6 Å². The maximum atomic E-state index is 12.4. The standard InChI is InChI=1S/C25H20Cl2N2O2S/c1-15-3-10-22(16(2)11-15)28-25-29-24(30)23(32-25)12-17-4-8-20(9-5-17)31-14-18-6-7-19(26)13-21(18)27/h3-13H,14H2,1-2H3,(H,28,29,30)/b23-12+. The zero-order chi connectivity index (χ0) is 22.7. The lowest BCUT2D eigenvalue weighted by atomic mass is 10.1. The third-order valence-corrected chi connectivity index (χ3v) is 6.31. The Morgan fingerprint density at radius 2 is 1.81 bits per heavy atom. The first-order valence-corrected chi connectivity index (χ1v) is 11.5. The number of carbonyl (C=O) groups excluding carboxylic acids is 1. The number of amides is 1. The number of halogens is 2. The molecule has 0 aromatic heterocycles. The summed E-state index contributed by atoms with van der Waals surface area (Å²) in [6.45, 7) is 4.39. The Kier molecular flexibility index (Phi) is 6.89. The van der Waals surface area contributed by atoms with Crippen LogP contribution in [0.15, 0.2) is 70.6 Å². The number of ether oxygens (including phenoxy) is 1. The average Bonchev–Trinajstić information content (AvgIpc) is 3.09. The number of benzene rings is 3. The summed E-state index contributed by atoms with van der Waals surface area (Å²) >= 11 is 13.4. The van der Waals surface area contributed by atoms with E-state index in [1.165, 1.54) is 17.3 Å². The maximum Gasteiger partial charge on any atom is 0.264 e. The highest BCUT2D eigenvalue weighted by Gasteiger charge is 2.24. The van der Waals surface area contributed by atoms with E-state index in [1.54, 1.807) is 12.1 Å². The van der Waals surface area contributed by atoms with Crippen LogP contribution >= 0.6 is 35.0 Å². The Bertz CT molecular complexity index is 1240. The van der Waals surface area contributed by atoms with Crippen molar-refractivity contribution in [2.75, 3.05) is 0 Å². The van der Waals surface area contributed by atoms with Gasteiger partial charge in [0.2, 0.25) is 0 Å². The Morgan fingerprint density at radius 3 is 2.53 bits per heavy atom. The minimum atomic E-state index is -0.156. The van der Waals surface area contributed by atoms with Gasteiger partial charge in [0.25, 0.3) is 5.91 Å². The third-order valence-electron chi connectivity index (χ3n) is 4.81. The second-order valence-corrected chi connectivity index (χ2v) is 9.24. The monoisotopic (exact) mass is 482 g/mol. The van der Waals surface area contributed by atoms with Crippen LogP contribution in [0.25, 0.3) is 6.08 Å². The quantitative estimate of drug-likeness (QED) is 0.395. The van der Waals surface area contributed by atoms with Crippen LogP contribution in [0.5, 0.6) is 5.75 Å². The fourth-order valence-corrected chi connectivity index (χ4v) is 4.43. The summed E-state index contributed by atoms with van der Waals surface area (Å²) in [5.74, 6) is 0.551. The molecule has 0 spiro atoms. The molecule has 1 aliphatic rings. The number of carbonyl (C=O) groups is 1. The van der Waals surface area contributed by atoms with Crippen molar-refractivity contribution in [2.24, 2.45) is 4.99 Å². The highest BCUT2D eigenvalue weighted by atomic mass is 35.5. The summed E-state index contributed by atoms with van der Waals surface area (Å²) in [6.07, 6.45) is 1.84. The summed E-state index contributed by atoms with van der Waals surface area (Å²) in [6, 6.07) is 18.9. The first-order valence-electron chi connectivity index (χ1n) is 9.91. The van der Waals surface area contributed by atoms with E-state index in [4.69, 9.17) is 27.9 Å². The molecule has 32 heavy (non-hydrogen) atoms. The fourth-order valence-electron chi connectivity index (χ4n) is 3.13. The molecule has 0 bridgehead atoms. The first-order chi connectivity index (χ1) is 15.4.